The zero-order valence-corrected chi connectivity index (χ0v) is 25.2. The van der Waals surface area contributed by atoms with Crippen LogP contribution in [0.1, 0.15) is 45.1 Å². The zero-order chi connectivity index (χ0) is 33.0. The number of benzene rings is 1. The summed E-state index contributed by atoms with van der Waals surface area (Å²) >= 11 is 0. The molecule has 16 heteroatoms. The SMILES string of the molecule is CC1CNc2nc(OCC34CCCN3C[C@H](F)C4)nc3c(F)c(-c4cc(N)c(F)c(F)c4CC(F)(F)F)nc(c23)O[C@@H](C)CCN1. The average Bonchev–Trinajstić information content (AvgIpc) is 3.50. The van der Waals surface area contributed by atoms with Gasteiger partial charge in [-0.3, -0.25) is 4.90 Å². The number of nitrogens with one attached hydrogen (secondary N) is 2. The molecular weight excluding hydrogens is 623 g/mol. The summed E-state index contributed by atoms with van der Waals surface area (Å²) < 4.78 is 113. The summed E-state index contributed by atoms with van der Waals surface area (Å²) in [7, 11) is 0. The van der Waals surface area contributed by atoms with Crippen LogP contribution in [0.4, 0.5) is 42.2 Å². The van der Waals surface area contributed by atoms with Crippen molar-refractivity contribution in [3.05, 3.63) is 29.1 Å². The first-order valence-corrected chi connectivity index (χ1v) is 15.1. The molecule has 5 heterocycles. The second-order valence-corrected chi connectivity index (χ2v) is 12.4. The Kier molecular flexibility index (Phi) is 8.54. The molecule has 3 aromatic rings. The molecule has 2 unspecified atom stereocenters. The van der Waals surface area contributed by atoms with Crippen molar-refractivity contribution >= 4 is 22.4 Å². The molecule has 4 atom stereocenters. The van der Waals surface area contributed by atoms with Gasteiger partial charge in [-0.1, -0.05) is 0 Å². The van der Waals surface area contributed by atoms with Gasteiger partial charge in [-0.15, -0.1) is 0 Å². The highest BCUT2D eigenvalue weighted by molar-refractivity contribution is 5.96. The molecule has 250 valence electrons. The normalized spacial score (nSPS) is 25.5. The molecule has 2 saturated heterocycles. The van der Waals surface area contributed by atoms with Crippen LogP contribution in [0.25, 0.3) is 22.2 Å². The van der Waals surface area contributed by atoms with E-state index >= 15 is 8.78 Å². The third-order valence-electron chi connectivity index (χ3n) is 8.86. The summed E-state index contributed by atoms with van der Waals surface area (Å²) in [6.45, 7) is 5.50. The quantitative estimate of drug-likeness (QED) is 0.248. The molecule has 46 heavy (non-hydrogen) atoms. The maximum atomic E-state index is 16.6. The highest BCUT2D eigenvalue weighted by Crippen LogP contribution is 2.43. The lowest BCUT2D eigenvalue weighted by Crippen LogP contribution is -2.43. The highest BCUT2D eigenvalue weighted by Gasteiger charge is 2.49. The van der Waals surface area contributed by atoms with Crippen LogP contribution in [0.15, 0.2) is 6.07 Å². The van der Waals surface area contributed by atoms with E-state index < -0.39 is 75.9 Å². The molecule has 2 fully saturated rings. The molecule has 0 bridgehead atoms. The van der Waals surface area contributed by atoms with Crippen molar-refractivity contribution in [3.63, 3.8) is 0 Å². The summed E-state index contributed by atoms with van der Waals surface area (Å²) in [6, 6.07) is 0.369. The van der Waals surface area contributed by atoms with Gasteiger partial charge in [0, 0.05) is 36.7 Å². The Morgan fingerprint density at radius 1 is 1.13 bits per heavy atom. The molecule has 2 aromatic heterocycles. The van der Waals surface area contributed by atoms with E-state index in [0.717, 1.165) is 6.42 Å². The number of aromatic nitrogens is 3. The minimum atomic E-state index is -4.98. The number of fused-ring (bicyclic) bond motifs is 1. The van der Waals surface area contributed by atoms with Gasteiger partial charge in [0.1, 0.15) is 35.2 Å². The maximum absolute atomic E-state index is 16.6. The van der Waals surface area contributed by atoms with Gasteiger partial charge in [-0.05, 0) is 52.3 Å². The van der Waals surface area contributed by atoms with Gasteiger partial charge in [-0.25, -0.2) is 22.5 Å². The summed E-state index contributed by atoms with van der Waals surface area (Å²) in [6.07, 6.45) is -6.17. The fourth-order valence-corrected chi connectivity index (χ4v) is 6.60. The van der Waals surface area contributed by atoms with Crippen LogP contribution >= 0.6 is 0 Å². The number of alkyl halides is 4. The van der Waals surface area contributed by atoms with Crippen LogP contribution in [0.5, 0.6) is 11.9 Å². The topological polar surface area (TPSA) is 110 Å². The standard InChI is InChI=1S/C30H34F7N7O2/c1-14-11-40-26-20-25(42-28(43-26)45-13-29-5-3-7-44(29)12-16(31)9-29)23(34)24(41-27(20)46-15(2)4-6-39-14)17-8-19(38)22(33)21(32)18(17)10-30(35,36)37/h8,14-16,39H,3-7,9-13,38H2,1-2H3,(H,40,42,43)/t14?,15-,16+,29?/m0/s1. The minimum Gasteiger partial charge on any atom is -0.474 e. The van der Waals surface area contributed by atoms with Gasteiger partial charge in [0.2, 0.25) is 5.88 Å². The summed E-state index contributed by atoms with van der Waals surface area (Å²) in [5, 5.41) is 6.43. The number of hydrogen-bond donors (Lipinski definition) is 3. The molecule has 3 aliphatic rings. The van der Waals surface area contributed by atoms with E-state index in [2.05, 4.69) is 25.6 Å². The van der Waals surface area contributed by atoms with Crippen LogP contribution < -0.4 is 25.8 Å². The summed E-state index contributed by atoms with van der Waals surface area (Å²) in [4.78, 5) is 15.0. The number of nitrogens with zero attached hydrogens (tertiary/aromatic N) is 4. The molecule has 9 nitrogen and oxygen atoms in total. The van der Waals surface area contributed by atoms with Crippen LogP contribution in [0, 0.1) is 17.5 Å². The van der Waals surface area contributed by atoms with Crippen LogP contribution in [0.2, 0.25) is 0 Å². The number of halogens is 7. The molecule has 1 aromatic carbocycles. The molecule has 6 rings (SSSR count). The maximum Gasteiger partial charge on any atom is 0.393 e. The van der Waals surface area contributed by atoms with Crippen molar-refractivity contribution in [1.29, 1.82) is 0 Å². The van der Waals surface area contributed by atoms with Crippen molar-refractivity contribution < 1.29 is 40.2 Å². The molecule has 0 amide bonds. The molecule has 0 spiro atoms. The second kappa shape index (κ2) is 12.2. The van der Waals surface area contributed by atoms with Crippen molar-refractivity contribution in [1.82, 2.24) is 25.2 Å². The molecule has 0 radical (unpaired) electrons. The van der Waals surface area contributed by atoms with Gasteiger partial charge in [0.25, 0.3) is 0 Å². The monoisotopic (exact) mass is 657 g/mol. The Balaban J connectivity index is 1.54. The van der Waals surface area contributed by atoms with Crippen molar-refractivity contribution in [2.75, 3.05) is 43.8 Å². The van der Waals surface area contributed by atoms with Gasteiger partial charge in [0.15, 0.2) is 17.5 Å². The lowest BCUT2D eigenvalue weighted by molar-refractivity contribution is -0.127. The fourth-order valence-electron chi connectivity index (χ4n) is 6.60. The van der Waals surface area contributed by atoms with Crippen LogP contribution in [-0.4, -0.2) is 82.7 Å². The molecule has 4 N–H and O–H groups in total. The average molecular weight is 658 g/mol. The highest BCUT2D eigenvalue weighted by atomic mass is 19.4. The fraction of sp³-hybridized carbons (Fsp3) is 0.567. The Hall–Kier alpha value is -3.66. The minimum absolute atomic E-state index is 0.0196. The summed E-state index contributed by atoms with van der Waals surface area (Å²) in [5.74, 6) is -4.97. The van der Waals surface area contributed by atoms with Gasteiger partial charge in [0.05, 0.1) is 23.8 Å². The number of hydrogen-bond acceptors (Lipinski definition) is 9. The lowest BCUT2D eigenvalue weighted by atomic mass is 9.95. The van der Waals surface area contributed by atoms with Gasteiger partial charge >= 0.3 is 12.2 Å². The predicted molar refractivity (Wildman–Crippen MR) is 156 cm³/mol. The van der Waals surface area contributed by atoms with E-state index in [1.165, 1.54) is 0 Å². The molecule has 0 aliphatic carbocycles. The number of nitrogens with two attached hydrogens (primary N) is 1. The smallest absolute Gasteiger partial charge is 0.393 e. The second-order valence-electron chi connectivity index (χ2n) is 12.4. The van der Waals surface area contributed by atoms with E-state index in [9.17, 15) is 22.0 Å². The van der Waals surface area contributed by atoms with Crippen LogP contribution in [-0.2, 0) is 6.42 Å². The third kappa shape index (κ3) is 6.20. The van der Waals surface area contributed by atoms with E-state index in [1.807, 2.05) is 11.8 Å². The largest absolute Gasteiger partial charge is 0.474 e. The van der Waals surface area contributed by atoms with Gasteiger partial charge in [-0.2, -0.15) is 23.1 Å². The number of anilines is 2. The summed E-state index contributed by atoms with van der Waals surface area (Å²) in [5.41, 5.74) is 1.10. The number of rotatable bonds is 5. The first-order chi connectivity index (χ1) is 21.7. The van der Waals surface area contributed by atoms with Crippen molar-refractivity contribution in [2.45, 2.75) is 76.0 Å². The van der Waals surface area contributed by atoms with Gasteiger partial charge < -0.3 is 25.8 Å². The Morgan fingerprint density at radius 2 is 1.91 bits per heavy atom. The number of nitrogen functional groups attached to an aromatic ring is 1. The lowest BCUT2D eigenvalue weighted by Gasteiger charge is -2.30. The third-order valence-corrected chi connectivity index (χ3v) is 8.86. The molecular formula is C30H34F7N7O2. The first-order valence-electron chi connectivity index (χ1n) is 15.1. The Bertz CT molecular complexity index is 1640. The number of ether oxygens (including phenoxy) is 2. The zero-order valence-electron chi connectivity index (χ0n) is 25.2. The van der Waals surface area contributed by atoms with E-state index in [1.54, 1.807) is 6.92 Å². The van der Waals surface area contributed by atoms with E-state index in [0.29, 0.717) is 38.5 Å². The Labute approximate surface area is 260 Å². The molecule has 3 aliphatic heterocycles. The Morgan fingerprint density at radius 3 is 2.67 bits per heavy atom. The van der Waals surface area contributed by atoms with Crippen LogP contribution in [0.3, 0.4) is 0 Å². The number of pyridine rings is 1. The van der Waals surface area contributed by atoms with E-state index in [-0.39, 0.29) is 48.7 Å². The van der Waals surface area contributed by atoms with Crippen molar-refractivity contribution in [2.24, 2.45) is 0 Å². The first kappa shape index (κ1) is 32.3. The molecule has 0 saturated carbocycles. The van der Waals surface area contributed by atoms with E-state index in [4.69, 9.17) is 15.2 Å². The predicted octanol–water partition coefficient (Wildman–Crippen LogP) is 5.31. The van der Waals surface area contributed by atoms with Crippen molar-refractivity contribution in [3.8, 4) is 23.1 Å².